The summed E-state index contributed by atoms with van der Waals surface area (Å²) in [5.74, 6) is -0.278. The van der Waals surface area contributed by atoms with E-state index in [0.717, 1.165) is 11.8 Å². The molecule has 3 aromatic carbocycles. The predicted octanol–water partition coefficient (Wildman–Crippen LogP) is 3.36. The lowest BCUT2D eigenvalue weighted by atomic mass is 10.1. The number of hydrogen-bond acceptors (Lipinski definition) is 6. The van der Waals surface area contributed by atoms with Gasteiger partial charge in [0.25, 0.3) is 21.6 Å². The van der Waals surface area contributed by atoms with Gasteiger partial charge in [-0.3, -0.25) is 19.6 Å². The number of sulfonamides is 1. The van der Waals surface area contributed by atoms with Gasteiger partial charge in [0.05, 0.1) is 21.1 Å². The largest absolute Gasteiger partial charge is 0.368 e. The van der Waals surface area contributed by atoms with Gasteiger partial charge in [-0.25, -0.2) is 8.42 Å². The highest BCUT2D eigenvalue weighted by molar-refractivity contribution is 7.92. The molecule has 0 aliphatic carbocycles. The zero-order valence-corrected chi connectivity index (χ0v) is 18.4. The van der Waals surface area contributed by atoms with Crippen molar-refractivity contribution in [3.8, 4) is 0 Å². The fourth-order valence-electron chi connectivity index (χ4n) is 3.70. The molecule has 0 aromatic heterocycles. The molecular weight excluding hydrogens is 444 g/mol. The van der Waals surface area contributed by atoms with Gasteiger partial charge < -0.3 is 9.80 Å². The molecule has 170 valence electrons. The average molecular weight is 467 g/mol. The summed E-state index contributed by atoms with van der Waals surface area (Å²) in [7, 11) is -4.13. The fourth-order valence-corrected chi connectivity index (χ4v) is 4.82. The number of amides is 1. The second-order valence-corrected chi connectivity index (χ2v) is 9.20. The molecule has 10 heteroatoms. The minimum Gasteiger partial charge on any atom is -0.368 e. The van der Waals surface area contributed by atoms with Crippen LogP contribution in [0.25, 0.3) is 0 Å². The van der Waals surface area contributed by atoms with Crippen molar-refractivity contribution in [2.24, 2.45) is 0 Å². The Balaban J connectivity index is 1.51. The highest BCUT2D eigenvalue weighted by Gasteiger charge is 2.26. The number of anilines is 2. The Labute approximate surface area is 191 Å². The third-order valence-corrected chi connectivity index (χ3v) is 6.79. The lowest BCUT2D eigenvalue weighted by Gasteiger charge is -2.36. The van der Waals surface area contributed by atoms with Crippen molar-refractivity contribution in [2.45, 2.75) is 4.90 Å². The third-order valence-electron chi connectivity index (χ3n) is 5.43. The van der Waals surface area contributed by atoms with Gasteiger partial charge in [-0.15, -0.1) is 0 Å². The van der Waals surface area contributed by atoms with Gasteiger partial charge in [-0.1, -0.05) is 36.4 Å². The Kier molecular flexibility index (Phi) is 6.27. The Hall–Kier alpha value is -3.92. The minimum absolute atomic E-state index is 0.125. The number of carbonyl (C=O) groups excluding carboxylic acids is 1. The van der Waals surface area contributed by atoms with Crippen LogP contribution in [0.3, 0.4) is 0 Å². The van der Waals surface area contributed by atoms with Crippen molar-refractivity contribution in [3.05, 3.63) is 94.5 Å². The average Bonchev–Trinajstić information content (AvgIpc) is 2.84. The standard InChI is InChI=1S/C23H22N4O5S/c28-23(26-15-13-25(14-16-26)18-7-2-1-3-8-18)21-11-4-5-12-22(21)24-33(31,32)20-10-6-9-19(17-20)27(29)30/h1-12,17,24H,13-16H2. The third kappa shape index (κ3) is 4.96. The number of nitrogens with one attached hydrogen (secondary N) is 1. The van der Waals surface area contributed by atoms with Crippen molar-refractivity contribution in [1.29, 1.82) is 0 Å². The molecule has 9 nitrogen and oxygen atoms in total. The van der Waals surface area contributed by atoms with E-state index < -0.39 is 14.9 Å². The number of rotatable bonds is 6. The quantitative estimate of drug-likeness (QED) is 0.440. The molecular formula is C23H22N4O5S. The summed E-state index contributed by atoms with van der Waals surface area (Å²) in [6, 6.07) is 21.1. The summed E-state index contributed by atoms with van der Waals surface area (Å²) >= 11 is 0. The van der Waals surface area contributed by atoms with Crippen LogP contribution in [0.15, 0.2) is 83.8 Å². The zero-order chi connectivity index (χ0) is 23.4. The smallest absolute Gasteiger partial charge is 0.270 e. The minimum atomic E-state index is -4.13. The molecule has 1 N–H and O–H groups in total. The summed E-state index contributed by atoms with van der Waals surface area (Å²) in [6.07, 6.45) is 0. The maximum Gasteiger partial charge on any atom is 0.270 e. The Bertz CT molecular complexity index is 1270. The summed E-state index contributed by atoms with van der Waals surface area (Å²) in [5.41, 5.74) is 1.10. The molecule has 1 saturated heterocycles. The van der Waals surface area contributed by atoms with E-state index >= 15 is 0 Å². The molecule has 4 rings (SSSR count). The maximum absolute atomic E-state index is 13.2. The molecule has 0 bridgehead atoms. The van der Waals surface area contributed by atoms with Crippen LogP contribution in [0.1, 0.15) is 10.4 Å². The van der Waals surface area contributed by atoms with Crippen LogP contribution in [0.5, 0.6) is 0 Å². The number of hydrogen-bond donors (Lipinski definition) is 1. The zero-order valence-electron chi connectivity index (χ0n) is 17.6. The Morgan fingerprint density at radius 2 is 1.55 bits per heavy atom. The van der Waals surface area contributed by atoms with Gasteiger partial charge in [-0.2, -0.15) is 0 Å². The van der Waals surface area contributed by atoms with Crippen LogP contribution in [0.2, 0.25) is 0 Å². The first-order valence-electron chi connectivity index (χ1n) is 10.3. The molecule has 0 atom stereocenters. The van der Waals surface area contributed by atoms with Crippen LogP contribution in [-0.2, 0) is 10.0 Å². The van der Waals surface area contributed by atoms with E-state index in [9.17, 15) is 23.3 Å². The molecule has 1 aliphatic heterocycles. The lowest BCUT2D eigenvalue weighted by molar-refractivity contribution is -0.385. The van der Waals surface area contributed by atoms with Crippen molar-refractivity contribution < 1.29 is 18.1 Å². The van der Waals surface area contributed by atoms with Crippen molar-refractivity contribution in [3.63, 3.8) is 0 Å². The van der Waals surface area contributed by atoms with E-state index in [1.807, 2.05) is 30.3 Å². The number of carbonyl (C=O) groups is 1. The van der Waals surface area contributed by atoms with Crippen LogP contribution in [-0.4, -0.2) is 50.3 Å². The van der Waals surface area contributed by atoms with Crippen LogP contribution in [0.4, 0.5) is 17.1 Å². The summed E-state index contributed by atoms with van der Waals surface area (Å²) < 4.78 is 28.1. The van der Waals surface area contributed by atoms with Gasteiger partial charge in [-0.05, 0) is 30.3 Å². The van der Waals surface area contributed by atoms with E-state index in [1.54, 1.807) is 23.1 Å². The molecule has 0 unspecified atom stereocenters. The van der Waals surface area contributed by atoms with Gasteiger partial charge >= 0.3 is 0 Å². The molecule has 0 radical (unpaired) electrons. The highest BCUT2D eigenvalue weighted by atomic mass is 32.2. The SMILES string of the molecule is O=C(c1ccccc1NS(=O)(=O)c1cccc([N+](=O)[O-])c1)N1CCN(c2ccccc2)CC1. The molecule has 1 fully saturated rings. The van der Waals surface area contributed by atoms with E-state index in [4.69, 9.17) is 0 Å². The van der Waals surface area contributed by atoms with Crippen LogP contribution < -0.4 is 9.62 Å². The predicted molar refractivity (Wildman–Crippen MR) is 125 cm³/mol. The van der Waals surface area contributed by atoms with Gasteiger partial charge in [0, 0.05) is 44.0 Å². The number of piperazine rings is 1. The van der Waals surface area contributed by atoms with E-state index in [-0.39, 0.29) is 27.7 Å². The Morgan fingerprint density at radius 1 is 0.879 bits per heavy atom. The van der Waals surface area contributed by atoms with Gasteiger partial charge in [0.15, 0.2) is 0 Å². The van der Waals surface area contributed by atoms with Crippen molar-refractivity contribution in [2.75, 3.05) is 35.8 Å². The molecule has 0 spiro atoms. The van der Waals surface area contributed by atoms with E-state index in [1.165, 1.54) is 24.3 Å². The lowest BCUT2D eigenvalue weighted by Crippen LogP contribution is -2.48. The Morgan fingerprint density at radius 3 is 2.24 bits per heavy atom. The van der Waals surface area contributed by atoms with Crippen molar-refractivity contribution >= 4 is 33.0 Å². The maximum atomic E-state index is 13.2. The number of non-ortho nitro benzene ring substituents is 1. The molecule has 0 saturated carbocycles. The summed E-state index contributed by atoms with van der Waals surface area (Å²) in [4.78, 5) is 27.2. The number of nitrogens with zero attached hydrogens (tertiary/aromatic N) is 3. The van der Waals surface area contributed by atoms with Crippen LogP contribution in [0, 0.1) is 10.1 Å². The summed E-state index contributed by atoms with van der Waals surface area (Å²) in [6.45, 7) is 2.33. The van der Waals surface area contributed by atoms with E-state index in [0.29, 0.717) is 26.2 Å². The monoisotopic (exact) mass is 466 g/mol. The second kappa shape index (κ2) is 9.29. The highest BCUT2D eigenvalue weighted by Crippen LogP contribution is 2.24. The molecule has 1 amide bonds. The fraction of sp³-hybridized carbons (Fsp3) is 0.174. The second-order valence-electron chi connectivity index (χ2n) is 7.52. The number of nitro benzene ring substituents is 1. The van der Waals surface area contributed by atoms with Gasteiger partial charge in [0.2, 0.25) is 0 Å². The molecule has 33 heavy (non-hydrogen) atoms. The van der Waals surface area contributed by atoms with Crippen LogP contribution >= 0.6 is 0 Å². The number of para-hydroxylation sites is 2. The first kappa shape index (κ1) is 22.3. The molecule has 3 aromatic rings. The molecule has 1 aliphatic rings. The normalized spacial score (nSPS) is 14.1. The topological polar surface area (TPSA) is 113 Å². The summed E-state index contributed by atoms with van der Waals surface area (Å²) in [5, 5.41) is 11.0. The first-order valence-corrected chi connectivity index (χ1v) is 11.8. The first-order chi connectivity index (χ1) is 15.8. The number of benzene rings is 3. The van der Waals surface area contributed by atoms with Gasteiger partial charge in [0.1, 0.15) is 0 Å². The molecule has 1 heterocycles. The van der Waals surface area contributed by atoms with E-state index in [2.05, 4.69) is 9.62 Å². The van der Waals surface area contributed by atoms with Crippen molar-refractivity contribution in [1.82, 2.24) is 4.90 Å². The number of nitro groups is 1.